The largest absolute Gasteiger partial charge is 1.00 e. The van der Waals surface area contributed by atoms with Crippen molar-refractivity contribution in [3.63, 3.8) is 0 Å². The van der Waals surface area contributed by atoms with Gasteiger partial charge in [-0.3, -0.25) is 0 Å². The van der Waals surface area contributed by atoms with Crippen LogP contribution in [0.25, 0.3) is 0 Å². The van der Waals surface area contributed by atoms with Crippen molar-refractivity contribution < 1.29 is 24.1 Å². The predicted molar refractivity (Wildman–Crippen MR) is 136 cm³/mol. The van der Waals surface area contributed by atoms with Gasteiger partial charge in [0, 0.05) is 0 Å². The Kier molecular flexibility index (Phi) is 15.9. The van der Waals surface area contributed by atoms with E-state index in [4.69, 9.17) is 4.65 Å². The van der Waals surface area contributed by atoms with E-state index in [-0.39, 0.29) is 19.5 Å². The Labute approximate surface area is 215 Å². The molecule has 4 aliphatic rings. The van der Waals surface area contributed by atoms with Crippen molar-refractivity contribution in [3.05, 3.63) is 36.2 Å². The van der Waals surface area contributed by atoms with Crippen LogP contribution in [-0.2, 0) is 24.1 Å². The second kappa shape index (κ2) is 16.5. The van der Waals surface area contributed by atoms with Crippen LogP contribution in [0, 0.1) is 36.2 Å². The molecule has 4 rings (SSSR count). The van der Waals surface area contributed by atoms with Crippen molar-refractivity contribution in [2.75, 3.05) is 0 Å². The molecule has 4 fully saturated rings. The molecule has 0 aromatic rings. The molecule has 4 aliphatic carbocycles. The zero-order chi connectivity index (χ0) is 22.8. The maximum atomic E-state index is 7.50. The minimum Gasteiger partial charge on any atom is 1.00 e. The van der Waals surface area contributed by atoms with Gasteiger partial charge in [-0.1, -0.05) is 100 Å². The first-order valence-corrected chi connectivity index (χ1v) is 14.7. The third-order valence-corrected chi connectivity index (χ3v) is 12.9. The van der Waals surface area contributed by atoms with E-state index >= 15 is 0 Å². The van der Waals surface area contributed by atoms with Crippen LogP contribution in [0.1, 0.15) is 131 Å². The summed E-state index contributed by atoms with van der Waals surface area (Å²) in [6.45, 7) is 15.5. The molecule has 0 atom stereocenters. The summed E-state index contributed by atoms with van der Waals surface area (Å²) in [5.41, 5.74) is 3.57. The summed E-state index contributed by atoms with van der Waals surface area (Å²) < 4.78 is 7.50. The first kappa shape index (κ1) is 30.8. The van der Waals surface area contributed by atoms with E-state index in [1.54, 1.807) is 77.0 Å². The zero-order valence-corrected chi connectivity index (χ0v) is 24.2. The fourth-order valence-corrected chi connectivity index (χ4v) is 11.1. The molecule has 0 saturated heterocycles. The van der Waals surface area contributed by atoms with E-state index in [2.05, 4.69) is 41.3 Å². The molecule has 0 spiro atoms. The molecule has 32 heavy (non-hydrogen) atoms. The summed E-state index contributed by atoms with van der Waals surface area (Å²) in [5.74, 6) is 7.34. The topological polar surface area (TPSA) is 19.9 Å². The molecule has 4 saturated carbocycles. The zero-order valence-electron chi connectivity index (χ0n) is 21.5. The summed E-state index contributed by atoms with van der Waals surface area (Å²) in [7, 11) is 0.385. The molecule has 6 radical (unpaired) electrons. The fourth-order valence-electron chi connectivity index (χ4n) is 6.44. The molecule has 0 N–H and O–H groups in total. The van der Waals surface area contributed by atoms with Gasteiger partial charge >= 0.3 is 30.8 Å². The Bertz CT molecular complexity index is 403. The number of hydrogen-bond donors (Lipinski definition) is 0. The average Bonchev–Trinajstić information content (AvgIpc) is 3.01. The molecule has 0 amide bonds. The Morgan fingerprint density at radius 2 is 0.656 bits per heavy atom. The normalized spacial score (nSPS) is 26.1. The SMILES string of the molecule is C1CCC(P(C2CCCCC2)C2CCCCC2)CC1.C[C]1[C](C)[C](C)[C](C)[C]1C.[C-]#[O+].[Ru+]. The summed E-state index contributed by atoms with van der Waals surface area (Å²) >= 11 is 0. The predicted octanol–water partition coefficient (Wildman–Crippen LogP) is 9.40. The summed E-state index contributed by atoms with van der Waals surface area (Å²) in [6.07, 6.45) is 23.6. The summed E-state index contributed by atoms with van der Waals surface area (Å²) in [4.78, 5) is 0. The van der Waals surface area contributed by atoms with Crippen molar-refractivity contribution >= 4 is 7.92 Å². The molecule has 0 aliphatic heterocycles. The van der Waals surface area contributed by atoms with Gasteiger partial charge in [-0.25, -0.2) is 0 Å². The fraction of sp³-hybridized carbons (Fsp3) is 0.793. The Hall–Kier alpha value is 0.793. The van der Waals surface area contributed by atoms with E-state index in [9.17, 15) is 0 Å². The van der Waals surface area contributed by atoms with Crippen molar-refractivity contribution in [3.8, 4) is 0 Å². The van der Waals surface area contributed by atoms with Gasteiger partial charge in [-0.15, -0.1) is 0 Å². The van der Waals surface area contributed by atoms with Gasteiger partial charge in [-0.05, 0) is 85.1 Å². The molecular formula is C29H48OPRu+. The van der Waals surface area contributed by atoms with Gasteiger partial charge in [-0.2, -0.15) is 0 Å². The first-order valence-electron chi connectivity index (χ1n) is 13.2. The van der Waals surface area contributed by atoms with Crippen molar-refractivity contribution in [1.82, 2.24) is 0 Å². The molecule has 0 bridgehead atoms. The van der Waals surface area contributed by atoms with Crippen molar-refractivity contribution in [2.24, 2.45) is 0 Å². The Morgan fingerprint density at radius 1 is 0.469 bits per heavy atom. The van der Waals surface area contributed by atoms with Crippen LogP contribution in [-0.4, -0.2) is 17.0 Å². The maximum Gasteiger partial charge on any atom is 1.00 e. The average molecular weight is 545 g/mol. The molecule has 0 heterocycles. The van der Waals surface area contributed by atoms with Crippen LogP contribution in [0.15, 0.2) is 0 Å². The van der Waals surface area contributed by atoms with Crippen LogP contribution >= 0.6 is 7.92 Å². The quantitative estimate of drug-likeness (QED) is 0.146. The second-order valence-electron chi connectivity index (χ2n) is 10.4. The van der Waals surface area contributed by atoms with Gasteiger partial charge < -0.3 is 0 Å². The molecule has 0 unspecified atom stereocenters. The Balaban J connectivity index is 0.000000337. The van der Waals surface area contributed by atoms with E-state index < -0.39 is 0 Å². The Morgan fingerprint density at radius 3 is 0.844 bits per heavy atom. The molecular weight excluding hydrogens is 496 g/mol. The summed E-state index contributed by atoms with van der Waals surface area (Å²) in [5, 5.41) is 0. The minimum absolute atomic E-state index is 0. The van der Waals surface area contributed by atoms with E-state index in [0.717, 1.165) is 0 Å². The summed E-state index contributed by atoms with van der Waals surface area (Å²) in [6, 6.07) is 0. The molecule has 1 nitrogen and oxygen atoms in total. The number of hydrogen-bond acceptors (Lipinski definition) is 0. The van der Waals surface area contributed by atoms with Gasteiger partial charge in [0.05, 0.1) is 0 Å². The van der Waals surface area contributed by atoms with E-state index in [1.165, 1.54) is 65.8 Å². The van der Waals surface area contributed by atoms with Gasteiger partial charge in [0.1, 0.15) is 0 Å². The van der Waals surface area contributed by atoms with Gasteiger partial charge in [0.15, 0.2) is 0 Å². The maximum absolute atomic E-state index is 7.50. The molecule has 0 aromatic carbocycles. The second-order valence-corrected chi connectivity index (χ2v) is 13.5. The van der Waals surface area contributed by atoms with Crippen molar-refractivity contribution in [1.29, 1.82) is 0 Å². The number of rotatable bonds is 3. The molecule has 182 valence electrons. The van der Waals surface area contributed by atoms with Crippen LogP contribution in [0.2, 0.25) is 0 Å². The minimum atomic E-state index is 0. The van der Waals surface area contributed by atoms with Gasteiger partial charge in [0.25, 0.3) is 0 Å². The van der Waals surface area contributed by atoms with E-state index in [1.807, 2.05) is 0 Å². The monoisotopic (exact) mass is 545 g/mol. The van der Waals surface area contributed by atoms with E-state index in [0.29, 0.717) is 7.92 Å². The van der Waals surface area contributed by atoms with Crippen LogP contribution in [0.4, 0.5) is 0 Å². The van der Waals surface area contributed by atoms with Crippen molar-refractivity contribution in [2.45, 2.75) is 148 Å². The van der Waals surface area contributed by atoms with Crippen LogP contribution in [0.3, 0.4) is 0 Å². The van der Waals surface area contributed by atoms with Crippen LogP contribution in [0.5, 0.6) is 0 Å². The van der Waals surface area contributed by atoms with Gasteiger partial charge in [0.2, 0.25) is 0 Å². The van der Waals surface area contributed by atoms with Crippen LogP contribution < -0.4 is 0 Å². The molecule has 3 heteroatoms. The first-order chi connectivity index (χ1) is 15.0. The molecule has 0 aromatic heterocycles. The standard InChI is InChI=1S/C18H33P.C10H15.CO.Ru/c1-4-10-16(11-5-1)19(17-12-6-2-7-13-17)18-14-8-3-9-15-18;1-6-7(2)9(4)10(5)8(6)3;1-2;/h16-18H,1-15H2;1-5H3;;/q;;;+1. The third-order valence-electron chi connectivity index (χ3n) is 8.80. The third kappa shape index (κ3) is 8.47. The smallest absolute Gasteiger partial charge is 1.00 e.